The van der Waals surface area contributed by atoms with Crippen molar-refractivity contribution in [3.63, 3.8) is 0 Å². The molecule has 0 spiro atoms. The second-order valence-corrected chi connectivity index (χ2v) is 9.41. The molecule has 2 fully saturated rings. The van der Waals surface area contributed by atoms with Gasteiger partial charge >= 0.3 is 6.03 Å². The summed E-state index contributed by atoms with van der Waals surface area (Å²) in [6.45, 7) is 2.01. The lowest BCUT2D eigenvalue weighted by Crippen LogP contribution is -2.51. The highest BCUT2D eigenvalue weighted by Gasteiger charge is 2.38. The summed E-state index contributed by atoms with van der Waals surface area (Å²) in [5.41, 5.74) is 1.74. The van der Waals surface area contributed by atoms with Crippen LogP contribution in [0.1, 0.15) is 50.1 Å². The lowest BCUT2D eigenvalue weighted by Gasteiger charge is -2.44. The van der Waals surface area contributed by atoms with Crippen molar-refractivity contribution < 1.29 is 9.59 Å². The SMILES string of the molecule is O=C(Nc1ccccc1)Nc1ccc2n(c1=O)C[C@H]1C[C@@H]2CN(C(=O)C2CCCCC2)C1. The molecule has 0 radical (unpaired) electrons. The van der Waals surface area contributed by atoms with Crippen LogP contribution in [0.4, 0.5) is 16.2 Å². The van der Waals surface area contributed by atoms with Crippen molar-refractivity contribution in [3.8, 4) is 0 Å². The lowest BCUT2D eigenvalue weighted by molar-refractivity contribution is -0.139. The molecule has 0 unspecified atom stereocenters. The van der Waals surface area contributed by atoms with Gasteiger partial charge in [-0.15, -0.1) is 0 Å². The van der Waals surface area contributed by atoms with Crippen molar-refractivity contribution in [2.24, 2.45) is 11.8 Å². The summed E-state index contributed by atoms with van der Waals surface area (Å²) in [6.07, 6.45) is 6.59. The number of pyridine rings is 1. The van der Waals surface area contributed by atoms with Crippen LogP contribution in [0.2, 0.25) is 0 Å². The minimum absolute atomic E-state index is 0.174. The Labute approximate surface area is 187 Å². The third kappa shape index (κ3) is 4.16. The van der Waals surface area contributed by atoms with Crippen LogP contribution in [0.25, 0.3) is 0 Å². The number of benzene rings is 1. The van der Waals surface area contributed by atoms with Gasteiger partial charge in [0.2, 0.25) is 5.91 Å². The third-order valence-electron chi connectivity index (χ3n) is 7.15. The minimum atomic E-state index is -0.436. The molecule has 2 bridgehead atoms. The minimum Gasteiger partial charge on any atom is -0.341 e. The van der Waals surface area contributed by atoms with Crippen LogP contribution in [-0.2, 0) is 11.3 Å². The molecule has 2 atom stereocenters. The number of para-hydroxylation sites is 1. The summed E-state index contributed by atoms with van der Waals surface area (Å²) >= 11 is 0. The van der Waals surface area contributed by atoms with Crippen LogP contribution < -0.4 is 16.2 Å². The molecule has 2 aromatic rings. The summed E-state index contributed by atoms with van der Waals surface area (Å²) in [4.78, 5) is 40.6. The molecule has 2 aliphatic heterocycles. The van der Waals surface area contributed by atoms with Gasteiger partial charge in [-0.1, -0.05) is 37.5 Å². The maximum absolute atomic E-state index is 13.1. The topological polar surface area (TPSA) is 83.4 Å². The first-order chi connectivity index (χ1) is 15.6. The quantitative estimate of drug-likeness (QED) is 0.765. The number of hydrogen-bond acceptors (Lipinski definition) is 3. The molecule has 1 saturated heterocycles. The van der Waals surface area contributed by atoms with Gasteiger partial charge in [-0.3, -0.25) is 9.59 Å². The van der Waals surface area contributed by atoms with Gasteiger partial charge < -0.3 is 20.1 Å². The average molecular weight is 435 g/mol. The molecule has 1 aromatic heterocycles. The maximum atomic E-state index is 13.1. The first-order valence-corrected chi connectivity index (χ1v) is 11.7. The smallest absolute Gasteiger partial charge is 0.323 e. The Balaban J connectivity index is 1.30. The number of nitrogens with one attached hydrogen (secondary N) is 2. The van der Waals surface area contributed by atoms with Gasteiger partial charge in [0.05, 0.1) is 0 Å². The summed E-state index contributed by atoms with van der Waals surface area (Å²) in [5.74, 6) is 0.945. The highest BCUT2D eigenvalue weighted by atomic mass is 16.2. The lowest BCUT2D eigenvalue weighted by atomic mass is 9.81. The van der Waals surface area contributed by atoms with E-state index in [9.17, 15) is 14.4 Å². The number of urea groups is 1. The summed E-state index contributed by atoms with van der Waals surface area (Å²) in [6, 6.07) is 12.3. The van der Waals surface area contributed by atoms with Gasteiger partial charge in [0, 0.05) is 42.9 Å². The van der Waals surface area contributed by atoms with Crippen LogP contribution in [0.5, 0.6) is 0 Å². The van der Waals surface area contributed by atoms with E-state index >= 15 is 0 Å². The van der Waals surface area contributed by atoms with E-state index in [1.165, 1.54) is 6.42 Å². The van der Waals surface area contributed by atoms with E-state index in [0.717, 1.165) is 44.3 Å². The first kappa shape index (κ1) is 20.8. The number of rotatable bonds is 3. The van der Waals surface area contributed by atoms with Crippen molar-refractivity contribution in [1.29, 1.82) is 0 Å². The summed E-state index contributed by atoms with van der Waals surface area (Å²) in [5, 5.41) is 5.44. The molecule has 7 heteroatoms. The number of anilines is 2. The zero-order chi connectivity index (χ0) is 22.1. The molecule has 32 heavy (non-hydrogen) atoms. The number of carbonyl (C=O) groups excluding carboxylic acids is 2. The van der Waals surface area contributed by atoms with Gasteiger partial charge in [0.15, 0.2) is 0 Å². The van der Waals surface area contributed by atoms with E-state index in [1.807, 2.05) is 24.3 Å². The first-order valence-electron chi connectivity index (χ1n) is 11.7. The van der Waals surface area contributed by atoms with Crippen LogP contribution >= 0.6 is 0 Å². The Morgan fingerprint density at radius 2 is 1.66 bits per heavy atom. The molecule has 3 amide bonds. The Kier molecular flexibility index (Phi) is 5.72. The van der Waals surface area contributed by atoms with Crippen molar-refractivity contribution in [2.75, 3.05) is 23.7 Å². The molecular weight excluding hydrogens is 404 g/mol. The fourth-order valence-corrected chi connectivity index (χ4v) is 5.63. The Morgan fingerprint density at radius 1 is 0.875 bits per heavy atom. The highest BCUT2D eigenvalue weighted by molar-refractivity contribution is 5.99. The number of hydrogen-bond donors (Lipinski definition) is 2. The normalized spacial score (nSPS) is 22.7. The molecule has 1 saturated carbocycles. The fourth-order valence-electron chi connectivity index (χ4n) is 5.63. The predicted molar refractivity (Wildman–Crippen MR) is 124 cm³/mol. The Morgan fingerprint density at radius 3 is 2.44 bits per heavy atom. The van der Waals surface area contributed by atoms with Gasteiger partial charge in [-0.25, -0.2) is 4.79 Å². The molecule has 3 aliphatic rings. The van der Waals surface area contributed by atoms with Crippen LogP contribution in [0, 0.1) is 11.8 Å². The van der Waals surface area contributed by atoms with E-state index in [1.54, 1.807) is 22.8 Å². The van der Waals surface area contributed by atoms with Crippen molar-refractivity contribution >= 4 is 23.3 Å². The van der Waals surface area contributed by atoms with Crippen LogP contribution in [-0.4, -0.2) is 34.5 Å². The molecule has 5 rings (SSSR count). The van der Waals surface area contributed by atoms with E-state index in [4.69, 9.17) is 0 Å². The van der Waals surface area contributed by atoms with E-state index in [0.29, 0.717) is 24.7 Å². The molecule has 1 aromatic carbocycles. The van der Waals surface area contributed by atoms with Crippen molar-refractivity contribution in [1.82, 2.24) is 9.47 Å². The molecule has 7 nitrogen and oxygen atoms in total. The zero-order valence-corrected chi connectivity index (χ0v) is 18.3. The summed E-state index contributed by atoms with van der Waals surface area (Å²) < 4.78 is 1.80. The van der Waals surface area contributed by atoms with Crippen LogP contribution in [0.3, 0.4) is 0 Å². The second kappa shape index (κ2) is 8.81. The number of carbonyl (C=O) groups is 2. The number of fused-ring (bicyclic) bond motifs is 4. The zero-order valence-electron chi connectivity index (χ0n) is 18.3. The Hall–Kier alpha value is -3.09. The number of nitrogens with zero attached hydrogens (tertiary/aromatic N) is 2. The third-order valence-corrected chi connectivity index (χ3v) is 7.15. The van der Waals surface area contributed by atoms with Gasteiger partial charge in [0.25, 0.3) is 5.56 Å². The largest absolute Gasteiger partial charge is 0.341 e. The van der Waals surface area contributed by atoms with Gasteiger partial charge in [-0.2, -0.15) is 0 Å². The molecule has 1 aliphatic carbocycles. The fraction of sp³-hybridized carbons (Fsp3) is 0.480. The number of piperidine rings is 1. The Bertz CT molecular complexity index is 1060. The number of amides is 3. The predicted octanol–water partition coefficient (Wildman–Crippen LogP) is 4.02. The monoisotopic (exact) mass is 434 g/mol. The van der Waals surface area contributed by atoms with Crippen molar-refractivity contribution in [2.45, 2.75) is 51.0 Å². The van der Waals surface area contributed by atoms with E-state index in [2.05, 4.69) is 15.5 Å². The number of likely N-dealkylation sites (tertiary alicyclic amines) is 1. The van der Waals surface area contributed by atoms with Crippen LogP contribution in [0.15, 0.2) is 47.3 Å². The average Bonchev–Trinajstić information content (AvgIpc) is 2.82. The maximum Gasteiger partial charge on any atom is 0.323 e. The van der Waals surface area contributed by atoms with E-state index < -0.39 is 6.03 Å². The molecule has 3 heterocycles. The van der Waals surface area contributed by atoms with Crippen molar-refractivity contribution in [3.05, 3.63) is 58.5 Å². The molecular formula is C25H30N4O3. The van der Waals surface area contributed by atoms with Gasteiger partial charge in [0.1, 0.15) is 5.69 Å². The highest BCUT2D eigenvalue weighted by Crippen LogP contribution is 2.37. The molecule has 168 valence electrons. The van der Waals surface area contributed by atoms with Gasteiger partial charge in [-0.05, 0) is 49.4 Å². The standard InChI is InChI=1S/C25H30N4O3/c30-23(18-7-3-1-4-8-18)28-14-17-13-19(16-28)22-12-11-21(24(31)29(22)15-17)27-25(32)26-20-9-5-2-6-10-20/h2,5-6,9-12,17-19H,1,3-4,7-8,13-16H2,(H2,26,27,32)/t17-,19+/m0/s1. The number of aromatic nitrogens is 1. The molecule has 2 N–H and O–H groups in total. The second-order valence-electron chi connectivity index (χ2n) is 9.41. The van der Waals surface area contributed by atoms with E-state index in [-0.39, 0.29) is 29.0 Å². The summed E-state index contributed by atoms with van der Waals surface area (Å²) in [7, 11) is 0.